The second-order valence-corrected chi connectivity index (χ2v) is 5.75. The van der Waals surface area contributed by atoms with Crippen LogP contribution in [-0.2, 0) is 20.4 Å². The van der Waals surface area contributed by atoms with Gasteiger partial charge in [0.25, 0.3) is 0 Å². The average molecular weight is 263 g/mol. The maximum atomic E-state index is 11.5. The molecule has 0 saturated carbocycles. The van der Waals surface area contributed by atoms with Crippen molar-refractivity contribution in [2.45, 2.75) is 39.7 Å². The number of rotatable bonds is 8. The Morgan fingerprint density at radius 3 is 2.41 bits per heavy atom. The van der Waals surface area contributed by atoms with Crippen LogP contribution in [0.4, 0.5) is 0 Å². The zero-order valence-electron chi connectivity index (χ0n) is 10.6. The lowest BCUT2D eigenvalue weighted by atomic mass is 10.2. The SMILES string of the molecule is CCCC(C)NC(=O)CS(=O)CC(C)C(=O)O. The molecule has 0 aliphatic rings. The first kappa shape index (κ1) is 16.1. The summed E-state index contributed by atoms with van der Waals surface area (Å²) in [6.45, 7) is 5.40. The Morgan fingerprint density at radius 1 is 1.35 bits per heavy atom. The molecule has 5 nitrogen and oxygen atoms in total. The van der Waals surface area contributed by atoms with Gasteiger partial charge in [-0.2, -0.15) is 0 Å². The molecule has 0 rings (SSSR count). The molecule has 0 radical (unpaired) electrons. The summed E-state index contributed by atoms with van der Waals surface area (Å²) >= 11 is 0. The van der Waals surface area contributed by atoms with Crippen LogP contribution in [0.15, 0.2) is 0 Å². The topological polar surface area (TPSA) is 83.5 Å². The van der Waals surface area contributed by atoms with Crippen molar-refractivity contribution in [1.82, 2.24) is 5.32 Å². The van der Waals surface area contributed by atoms with Crippen molar-refractivity contribution in [1.29, 1.82) is 0 Å². The number of hydrogen-bond donors (Lipinski definition) is 2. The fraction of sp³-hybridized carbons (Fsp3) is 0.818. The van der Waals surface area contributed by atoms with Gasteiger partial charge < -0.3 is 10.4 Å². The van der Waals surface area contributed by atoms with Crippen LogP contribution in [0, 0.1) is 5.92 Å². The van der Waals surface area contributed by atoms with Gasteiger partial charge in [0.1, 0.15) is 5.75 Å². The Labute approximate surface area is 104 Å². The lowest BCUT2D eigenvalue weighted by molar-refractivity contribution is -0.140. The first-order valence-corrected chi connectivity index (χ1v) is 7.22. The summed E-state index contributed by atoms with van der Waals surface area (Å²) in [4.78, 5) is 22.0. The molecule has 17 heavy (non-hydrogen) atoms. The zero-order valence-corrected chi connectivity index (χ0v) is 11.4. The van der Waals surface area contributed by atoms with Gasteiger partial charge in [0, 0.05) is 22.6 Å². The molecule has 0 heterocycles. The maximum absolute atomic E-state index is 11.5. The molecule has 3 unspecified atom stereocenters. The average Bonchev–Trinajstić information content (AvgIpc) is 2.16. The predicted octanol–water partition coefficient (Wildman–Crippen LogP) is 0.761. The van der Waals surface area contributed by atoms with Crippen LogP contribution in [0.2, 0.25) is 0 Å². The summed E-state index contributed by atoms with van der Waals surface area (Å²) in [6, 6.07) is 0.0707. The molecule has 2 N–H and O–H groups in total. The highest BCUT2D eigenvalue weighted by Crippen LogP contribution is 1.99. The molecular weight excluding hydrogens is 242 g/mol. The smallest absolute Gasteiger partial charge is 0.307 e. The van der Waals surface area contributed by atoms with Crippen molar-refractivity contribution < 1.29 is 18.9 Å². The third kappa shape index (κ3) is 7.90. The van der Waals surface area contributed by atoms with Gasteiger partial charge in [-0.05, 0) is 13.3 Å². The number of amides is 1. The number of carboxylic acids is 1. The van der Waals surface area contributed by atoms with Crippen LogP contribution in [0.25, 0.3) is 0 Å². The number of hydrogen-bond acceptors (Lipinski definition) is 3. The Morgan fingerprint density at radius 2 is 1.94 bits per heavy atom. The molecule has 3 atom stereocenters. The minimum Gasteiger partial charge on any atom is -0.481 e. The van der Waals surface area contributed by atoms with E-state index in [4.69, 9.17) is 5.11 Å². The van der Waals surface area contributed by atoms with E-state index in [0.717, 1.165) is 12.8 Å². The Hall–Kier alpha value is -0.910. The quantitative estimate of drug-likeness (QED) is 0.677. The number of carbonyl (C=O) groups is 2. The van der Waals surface area contributed by atoms with E-state index in [9.17, 15) is 13.8 Å². The van der Waals surface area contributed by atoms with E-state index in [2.05, 4.69) is 5.32 Å². The molecule has 0 aliphatic carbocycles. The van der Waals surface area contributed by atoms with E-state index in [1.54, 1.807) is 0 Å². The van der Waals surface area contributed by atoms with Crippen molar-refractivity contribution in [2.24, 2.45) is 5.92 Å². The number of aliphatic carboxylic acids is 1. The molecule has 6 heteroatoms. The third-order valence-electron chi connectivity index (χ3n) is 2.28. The van der Waals surface area contributed by atoms with Crippen LogP contribution < -0.4 is 5.32 Å². The zero-order chi connectivity index (χ0) is 13.4. The first-order chi connectivity index (χ1) is 7.86. The Balaban J connectivity index is 3.96. The van der Waals surface area contributed by atoms with Crippen LogP contribution in [0.5, 0.6) is 0 Å². The number of carbonyl (C=O) groups excluding carboxylic acids is 1. The largest absolute Gasteiger partial charge is 0.481 e. The standard InChI is InChI=1S/C11H21NO4S/c1-4-5-9(3)12-10(13)7-17(16)6-8(2)11(14)15/h8-9H,4-7H2,1-3H3,(H,12,13)(H,14,15). The molecule has 0 aliphatic heterocycles. The lowest BCUT2D eigenvalue weighted by Gasteiger charge is -2.12. The fourth-order valence-corrected chi connectivity index (χ4v) is 2.57. The molecule has 0 fully saturated rings. The normalized spacial score (nSPS) is 15.9. The number of carboxylic acid groups (broad SMARTS) is 1. The summed E-state index contributed by atoms with van der Waals surface area (Å²) < 4.78 is 11.5. The van der Waals surface area contributed by atoms with E-state index >= 15 is 0 Å². The van der Waals surface area contributed by atoms with Gasteiger partial charge in [-0.15, -0.1) is 0 Å². The second kappa shape index (κ2) is 8.22. The van der Waals surface area contributed by atoms with Gasteiger partial charge in [0.15, 0.2) is 0 Å². The van der Waals surface area contributed by atoms with Crippen molar-refractivity contribution in [3.8, 4) is 0 Å². The maximum Gasteiger partial charge on any atom is 0.307 e. The van der Waals surface area contributed by atoms with E-state index in [0.29, 0.717) is 0 Å². The molecule has 1 amide bonds. The summed E-state index contributed by atoms with van der Waals surface area (Å²) in [7, 11) is -1.41. The lowest BCUT2D eigenvalue weighted by Crippen LogP contribution is -2.36. The molecule has 0 bridgehead atoms. The monoisotopic (exact) mass is 263 g/mol. The second-order valence-electron chi connectivity index (χ2n) is 4.25. The molecule has 100 valence electrons. The molecule has 0 aromatic carbocycles. The molecule has 0 aromatic heterocycles. The molecule has 0 spiro atoms. The summed E-state index contributed by atoms with van der Waals surface area (Å²) in [5.74, 6) is -2.05. The van der Waals surface area contributed by atoms with Crippen LogP contribution in [-0.4, -0.2) is 38.7 Å². The van der Waals surface area contributed by atoms with Crippen LogP contribution in [0.3, 0.4) is 0 Å². The highest BCUT2D eigenvalue weighted by Gasteiger charge is 2.17. The molecule has 0 saturated heterocycles. The van der Waals surface area contributed by atoms with Crippen molar-refractivity contribution in [3.05, 3.63) is 0 Å². The highest BCUT2D eigenvalue weighted by atomic mass is 32.2. The van der Waals surface area contributed by atoms with Gasteiger partial charge in [0.05, 0.1) is 5.92 Å². The Kier molecular flexibility index (Phi) is 7.78. The van der Waals surface area contributed by atoms with Crippen molar-refractivity contribution in [2.75, 3.05) is 11.5 Å². The van der Waals surface area contributed by atoms with E-state index in [-0.39, 0.29) is 23.5 Å². The van der Waals surface area contributed by atoms with E-state index < -0.39 is 22.7 Å². The fourth-order valence-electron chi connectivity index (χ4n) is 1.38. The summed E-state index contributed by atoms with van der Waals surface area (Å²) in [5.41, 5.74) is 0. The van der Waals surface area contributed by atoms with Crippen molar-refractivity contribution in [3.63, 3.8) is 0 Å². The van der Waals surface area contributed by atoms with Gasteiger partial charge >= 0.3 is 5.97 Å². The molecule has 0 aromatic rings. The van der Waals surface area contributed by atoms with Gasteiger partial charge in [0.2, 0.25) is 5.91 Å². The first-order valence-electron chi connectivity index (χ1n) is 5.74. The minimum absolute atomic E-state index is 0.0188. The van der Waals surface area contributed by atoms with Gasteiger partial charge in [-0.25, -0.2) is 0 Å². The summed E-state index contributed by atoms with van der Waals surface area (Å²) in [6.07, 6.45) is 1.85. The molecular formula is C11H21NO4S. The highest BCUT2D eigenvalue weighted by molar-refractivity contribution is 7.85. The number of nitrogens with one attached hydrogen (secondary N) is 1. The summed E-state index contributed by atoms with van der Waals surface area (Å²) in [5, 5.41) is 11.4. The van der Waals surface area contributed by atoms with E-state index in [1.807, 2.05) is 13.8 Å². The third-order valence-corrected chi connectivity index (χ3v) is 3.73. The van der Waals surface area contributed by atoms with Crippen LogP contribution in [0.1, 0.15) is 33.6 Å². The van der Waals surface area contributed by atoms with Crippen LogP contribution >= 0.6 is 0 Å². The van der Waals surface area contributed by atoms with E-state index in [1.165, 1.54) is 6.92 Å². The Bertz CT molecular complexity index is 293. The van der Waals surface area contributed by atoms with Gasteiger partial charge in [-0.3, -0.25) is 13.8 Å². The minimum atomic E-state index is -1.41. The predicted molar refractivity (Wildman–Crippen MR) is 67.2 cm³/mol. The van der Waals surface area contributed by atoms with Gasteiger partial charge in [-0.1, -0.05) is 20.3 Å². The van der Waals surface area contributed by atoms with Crippen molar-refractivity contribution >= 4 is 22.7 Å².